The molecule has 0 radical (unpaired) electrons. The summed E-state index contributed by atoms with van der Waals surface area (Å²) in [6.45, 7) is 3.11. The molecule has 1 amide bonds. The Balaban J connectivity index is 2.78. The Hall–Kier alpha value is -2.34. The minimum absolute atomic E-state index is 0.158. The van der Waals surface area contributed by atoms with E-state index in [9.17, 15) is 9.59 Å². The van der Waals surface area contributed by atoms with E-state index in [0.717, 1.165) is 11.3 Å². The maximum atomic E-state index is 12.5. The zero-order valence-electron chi connectivity index (χ0n) is 15.4. The summed E-state index contributed by atoms with van der Waals surface area (Å²) in [5.41, 5.74) is 0.866. The van der Waals surface area contributed by atoms with Gasteiger partial charge in [0.25, 0.3) is 0 Å². The third kappa shape index (κ3) is 7.39. The average molecular weight is 349 g/mol. The van der Waals surface area contributed by atoms with E-state index < -0.39 is 0 Å². The van der Waals surface area contributed by atoms with Gasteiger partial charge in [0.15, 0.2) is 0 Å². The van der Waals surface area contributed by atoms with Crippen LogP contribution in [0.4, 0.5) is 0 Å². The Morgan fingerprint density at radius 2 is 2.00 bits per heavy atom. The van der Waals surface area contributed by atoms with Gasteiger partial charge in [-0.2, -0.15) is 0 Å². The van der Waals surface area contributed by atoms with E-state index in [1.807, 2.05) is 24.3 Å². The fraction of sp³-hybridized carbons (Fsp3) is 0.474. The van der Waals surface area contributed by atoms with Crippen molar-refractivity contribution in [3.8, 4) is 5.75 Å². The van der Waals surface area contributed by atoms with Crippen LogP contribution in [0.3, 0.4) is 0 Å². The number of benzene rings is 1. The first-order valence-corrected chi connectivity index (χ1v) is 8.19. The second kappa shape index (κ2) is 11.3. The number of hydrogen-bond donors (Lipinski definition) is 0. The lowest BCUT2D eigenvalue weighted by atomic mass is 10.1. The standard InChI is InChI=1S/C19H27NO5/c1-15(19(22)25-4)14-20(11-6-12-23-2)18(21)10-9-16-7-5-8-17(13-16)24-3/h5,7-10,13,15H,6,11-12,14H2,1-4H3/b10-9+. The van der Waals surface area contributed by atoms with Gasteiger partial charge in [-0.05, 0) is 30.2 Å². The summed E-state index contributed by atoms with van der Waals surface area (Å²) in [5.74, 6) is -0.149. The molecule has 1 unspecified atom stereocenters. The Bertz CT molecular complexity index is 585. The molecule has 138 valence electrons. The van der Waals surface area contributed by atoms with Crippen LogP contribution < -0.4 is 4.74 Å². The molecule has 1 rings (SSSR count). The first kappa shape index (κ1) is 20.7. The number of nitrogens with zero attached hydrogens (tertiary/aromatic N) is 1. The highest BCUT2D eigenvalue weighted by Gasteiger charge is 2.20. The van der Waals surface area contributed by atoms with Gasteiger partial charge in [-0.1, -0.05) is 19.1 Å². The molecule has 0 saturated heterocycles. The van der Waals surface area contributed by atoms with E-state index >= 15 is 0 Å². The molecular weight excluding hydrogens is 322 g/mol. The van der Waals surface area contributed by atoms with Crippen LogP contribution >= 0.6 is 0 Å². The number of methoxy groups -OCH3 is 3. The minimum Gasteiger partial charge on any atom is -0.497 e. The highest BCUT2D eigenvalue weighted by molar-refractivity contribution is 5.92. The number of amides is 1. The molecule has 0 bridgehead atoms. The van der Waals surface area contributed by atoms with Crippen LogP contribution in [0.15, 0.2) is 30.3 Å². The van der Waals surface area contributed by atoms with Gasteiger partial charge >= 0.3 is 5.97 Å². The third-order valence-electron chi connectivity index (χ3n) is 3.70. The fourth-order valence-electron chi connectivity index (χ4n) is 2.32. The van der Waals surface area contributed by atoms with Gasteiger partial charge in [-0.15, -0.1) is 0 Å². The molecule has 6 heteroatoms. The van der Waals surface area contributed by atoms with Gasteiger partial charge in [0.05, 0.1) is 20.1 Å². The molecule has 1 aromatic rings. The molecule has 1 atom stereocenters. The Morgan fingerprint density at radius 1 is 1.24 bits per heavy atom. The van der Waals surface area contributed by atoms with Crippen molar-refractivity contribution in [2.75, 3.05) is 41.0 Å². The van der Waals surface area contributed by atoms with Crippen molar-refractivity contribution in [1.82, 2.24) is 4.90 Å². The van der Waals surface area contributed by atoms with Crippen molar-refractivity contribution in [2.45, 2.75) is 13.3 Å². The summed E-state index contributed by atoms with van der Waals surface area (Å²) in [6.07, 6.45) is 3.94. The zero-order valence-corrected chi connectivity index (χ0v) is 15.4. The molecule has 0 aliphatic rings. The van der Waals surface area contributed by atoms with E-state index in [2.05, 4.69) is 0 Å². The van der Waals surface area contributed by atoms with Crippen LogP contribution in [0.25, 0.3) is 6.08 Å². The first-order chi connectivity index (χ1) is 12.0. The van der Waals surface area contributed by atoms with E-state index in [0.29, 0.717) is 26.1 Å². The number of carbonyl (C=O) groups is 2. The maximum absolute atomic E-state index is 12.5. The van der Waals surface area contributed by atoms with Crippen LogP contribution in [-0.2, 0) is 19.1 Å². The predicted octanol–water partition coefficient (Wildman–Crippen LogP) is 2.38. The number of carbonyl (C=O) groups excluding carboxylic acids is 2. The molecule has 0 aromatic heterocycles. The van der Waals surface area contributed by atoms with Crippen LogP contribution in [0.1, 0.15) is 18.9 Å². The van der Waals surface area contributed by atoms with Crippen LogP contribution in [-0.4, -0.2) is 57.8 Å². The average Bonchev–Trinajstić information content (AvgIpc) is 2.64. The normalized spacial score (nSPS) is 12.0. The summed E-state index contributed by atoms with van der Waals surface area (Å²) >= 11 is 0. The van der Waals surface area contributed by atoms with Gasteiger partial charge in [0.1, 0.15) is 5.75 Å². The smallest absolute Gasteiger partial charge is 0.310 e. The molecular formula is C19H27NO5. The lowest BCUT2D eigenvalue weighted by molar-refractivity contribution is -0.146. The second-order valence-corrected chi connectivity index (χ2v) is 5.66. The minimum atomic E-state index is -0.387. The summed E-state index contributed by atoms with van der Waals surface area (Å²) in [4.78, 5) is 25.8. The summed E-state index contributed by atoms with van der Waals surface area (Å²) in [5, 5.41) is 0. The molecule has 0 N–H and O–H groups in total. The van der Waals surface area contributed by atoms with Crippen molar-refractivity contribution in [3.05, 3.63) is 35.9 Å². The lowest BCUT2D eigenvalue weighted by Gasteiger charge is -2.23. The van der Waals surface area contributed by atoms with Gasteiger partial charge in [-0.25, -0.2) is 0 Å². The first-order valence-electron chi connectivity index (χ1n) is 8.19. The number of esters is 1. The largest absolute Gasteiger partial charge is 0.497 e. The molecule has 6 nitrogen and oxygen atoms in total. The van der Waals surface area contributed by atoms with Crippen molar-refractivity contribution >= 4 is 18.0 Å². The Morgan fingerprint density at radius 3 is 2.64 bits per heavy atom. The third-order valence-corrected chi connectivity index (χ3v) is 3.70. The Kier molecular flexibility index (Phi) is 9.32. The monoisotopic (exact) mass is 349 g/mol. The molecule has 0 heterocycles. The highest BCUT2D eigenvalue weighted by atomic mass is 16.5. The van der Waals surface area contributed by atoms with Crippen molar-refractivity contribution < 1.29 is 23.8 Å². The predicted molar refractivity (Wildman–Crippen MR) is 96.3 cm³/mol. The quantitative estimate of drug-likeness (QED) is 0.369. The van der Waals surface area contributed by atoms with Crippen molar-refractivity contribution in [3.63, 3.8) is 0 Å². The van der Waals surface area contributed by atoms with Crippen LogP contribution in [0, 0.1) is 5.92 Å². The highest BCUT2D eigenvalue weighted by Crippen LogP contribution is 2.14. The van der Waals surface area contributed by atoms with Crippen LogP contribution in [0.2, 0.25) is 0 Å². The summed E-state index contributed by atoms with van der Waals surface area (Å²) < 4.78 is 14.9. The van der Waals surface area contributed by atoms with Gasteiger partial charge in [-0.3, -0.25) is 9.59 Å². The molecule has 0 saturated carbocycles. The van der Waals surface area contributed by atoms with E-state index in [4.69, 9.17) is 14.2 Å². The van der Waals surface area contributed by atoms with Crippen molar-refractivity contribution in [1.29, 1.82) is 0 Å². The molecule has 0 spiro atoms. The topological polar surface area (TPSA) is 65.1 Å². The van der Waals surface area contributed by atoms with E-state index in [1.54, 1.807) is 32.1 Å². The number of rotatable bonds is 10. The molecule has 25 heavy (non-hydrogen) atoms. The molecule has 0 fully saturated rings. The van der Waals surface area contributed by atoms with Gasteiger partial charge < -0.3 is 19.1 Å². The van der Waals surface area contributed by atoms with Gasteiger partial charge in [0.2, 0.25) is 5.91 Å². The van der Waals surface area contributed by atoms with Crippen molar-refractivity contribution in [2.24, 2.45) is 5.92 Å². The zero-order chi connectivity index (χ0) is 18.7. The number of hydrogen-bond acceptors (Lipinski definition) is 5. The lowest BCUT2D eigenvalue weighted by Crippen LogP contribution is -2.37. The summed E-state index contributed by atoms with van der Waals surface area (Å²) in [6, 6.07) is 7.43. The van der Waals surface area contributed by atoms with Gasteiger partial charge in [0, 0.05) is 32.9 Å². The molecule has 0 aliphatic heterocycles. The molecule has 0 aliphatic carbocycles. The summed E-state index contributed by atoms with van der Waals surface area (Å²) in [7, 11) is 4.56. The van der Waals surface area contributed by atoms with E-state index in [1.165, 1.54) is 13.2 Å². The second-order valence-electron chi connectivity index (χ2n) is 5.66. The SMILES string of the molecule is COCCCN(CC(C)C(=O)OC)C(=O)/C=C/c1cccc(OC)c1. The van der Waals surface area contributed by atoms with Crippen LogP contribution in [0.5, 0.6) is 5.75 Å². The molecule has 1 aromatic carbocycles. The van der Waals surface area contributed by atoms with E-state index in [-0.39, 0.29) is 17.8 Å². The maximum Gasteiger partial charge on any atom is 0.310 e. The fourth-order valence-corrected chi connectivity index (χ4v) is 2.32. The number of ether oxygens (including phenoxy) is 3. The Labute approximate surface area is 149 Å².